The van der Waals surface area contributed by atoms with Gasteiger partial charge < -0.3 is 0 Å². The molecule has 0 unspecified atom stereocenters. The van der Waals surface area contributed by atoms with Crippen molar-refractivity contribution in [1.29, 1.82) is 0 Å². The summed E-state index contributed by atoms with van der Waals surface area (Å²) >= 11 is 8.91. The van der Waals surface area contributed by atoms with E-state index in [9.17, 15) is 4.39 Å². The minimum Gasteiger partial charge on any atom is -0.206 e. The van der Waals surface area contributed by atoms with Gasteiger partial charge in [0.1, 0.15) is 5.82 Å². The van der Waals surface area contributed by atoms with Crippen LogP contribution in [0, 0.1) is 5.82 Å². The van der Waals surface area contributed by atoms with Gasteiger partial charge in [-0.1, -0.05) is 40.6 Å². The zero-order valence-electron chi connectivity index (χ0n) is 7.86. The van der Waals surface area contributed by atoms with E-state index >= 15 is 0 Å². The molecule has 0 bridgehead atoms. The average Bonchev–Trinajstić information content (AvgIpc) is 2.17. The molecule has 0 heterocycles. The SMILES string of the molecule is CCC(=Cc1ccc(Br)cc1F)CCl. The first kappa shape index (κ1) is 11.7. The van der Waals surface area contributed by atoms with Crippen LogP contribution < -0.4 is 0 Å². The number of hydrogen-bond donors (Lipinski definition) is 0. The highest BCUT2D eigenvalue weighted by Gasteiger charge is 2.01. The number of alkyl halides is 1. The van der Waals surface area contributed by atoms with Crippen LogP contribution in [0.15, 0.2) is 28.2 Å². The van der Waals surface area contributed by atoms with E-state index in [1.165, 1.54) is 6.07 Å². The van der Waals surface area contributed by atoms with Crippen molar-refractivity contribution in [3.8, 4) is 0 Å². The average molecular weight is 278 g/mol. The molecule has 0 aliphatic carbocycles. The molecule has 0 N–H and O–H groups in total. The predicted molar refractivity (Wildman–Crippen MR) is 63.1 cm³/mol. The van der Waals surface area contributed by atoms with E-state index in [1.54, 1.807) is 12.1 Å². The first-order valence-electron chi connectivity index (χ1n) is 4.37. The van der Waals surface area contributed by atoms with Crippen LogP contribution in [0.25, 0.3) is 6.08 Å². The van der Waals surface area contributed by atoms with Gasteiger partial charge in [0.2, 0.25) is 0 Å². The van der Waals surface area contributed by atoms with Crippen LogP contribution in [0.2, 0.25) is 0 Å². The first-order valence-corrected chi connectivity index (χ1v) is 5.70. The molecule has 14 heavy (non-hydrogen) atoms. The van der Waals surface area contributed by atoms with E-state index in [4.69, 9.17) is 11.6 Å². The Labute approximate surface area is 96.9 Å². The molecule has 3 heteroatoms. The molecular weight excluding hydrogens is 266 g/mol. The van der Waals surface area contributed by atoms with Crippen LogP contribution in [-0.4, -0.2) is 5.88 Å². The second-order valence-corrected chi connectivity index (χ2v) is 4.14. The lowest BCUT2D eigenvalue weighted by molar-refractivity contribution is 0.624. The maximum absolute atomic E-state index is 13.4. The van der Waals surface area contributed by atoms with Crippen molar-refractivity contribution in [3.63, 3.8) is 0 Å². The number of halogens is 3. The molecule has 0 nitrogen and oxygen atoms in total. The first-order chi connectivity index (χ1) is 6.67. The van der Waals surface area contributed by atoms with Crippen molar-refractivity contribution < 1.29 is 4.39 Å². The maximum Gasteiger partial charge on any atom is 0.131 e. The Bertz CT molecular complexity index is 341. The highest BCUT2D eigenvalue weighted by Crippen LogP contribution is 2.18. The van der Waals surface area contributed by atoms with Crippen LogP contribution in [-0.2, 0) is 0 Å². The quantitative estimate of drug-likeness (QED) is 0.707. The lowest BCUT2D eigenvalue weighted by Gasteiger charge is -2.01. The third kappa shape index (κ3) is 3.10. The van der Waals surface area contributed by atoms with Gasteiger partial charge in [-0.2, -0.15) is 0 Å². The second-order valence-electron chi connectivity index (χ2n) is 2.96. The molecule has 1 aromatic carbocycles. The van der Waals surface area contributed by atoms with Gasteiger partial charge in [0.05, 0.1) is 0 Å². The normalized spacial score (nSPS) is 11.9. The fourth-order valence-corrected chi connectivity index (χ4v) is 1.67. The minimum atomic E-state index is -0.226. The Morgan fingerprint density at radius 2 is 2.29 bits per heavy atom. The second kappa shape index (κ2) is 5.52. The molecule has 1 aromatic rings. The van der Waals surface area contributed by atoms with Crippen LogP contribution in [0.4, 0.5) is 4.39 Å². The van der Waals surface area contributed by atoms with Gasteiger partial charge in [0.25, 0.3) is 0 Å². The molecule has 0 radical (unpaired) electrons. The molecular formula is C11H11BrClF. The fraction of sp³-hybridized carbons (Fsp3) is 0.273. The smallest absolute Gasteiger partial charge is 0.131 e. The summed E-state index contributed by atoms with van der Waals surface area (Å²) in [6, 6.07) is 5.01. The van der Waals surface area contributed by atoms with Gasteiger partial charge in [-0.15, -0.1) is 11.6 Å². The Kier molecular flexibility index (Phi) is 4.63. The van der Waals surface area contributed by atoms with E-state index < -0.39 is 0 Å². The molecule has 0 aliphatic heterocycles. The summed E-state index contributed by atoms with van der Waals surface area (Å²) < 4.78 is 14.1. The van der Waals surface area contributed by atoms with Gasteiger partial charge in [0, 0.05) is 15.9 Å². The van der Waals surface area contributed by atoms with Crippen molar-refractivity contribution in [1.82, 2.24) is 0 Å². The van der Waals surface area contributed by atoms with Crippen LogP contribution in [0.1, 0.15) is 18.9 Å². The zero-order chi connectivity index (χ0) is 10.6. The molecule has 0 fully saturated rings. The van der Waals surface area contributed by atoms with Crippen molar-refractivity contribution in [3.05, 3.63) is 39.6 Å². The van der Waals surface area contributed by atoms with E-state index in [1.807, 2.05) is 13.0 Å². The van der Waals surface area contributed by atoms with Gasteiger partial charge in [-0.05, 0) is 18.6 Å². The van der Waals surface area contributed by atoms with E-state index in [0.717, 1.165) is 16.5 Å². The number of hydrogen-bond acceptors (Lipinski definition) is 0. The molecule has 0 saturated carbocycles. The highest BCUT2D eigenvalue weighted by molar-refractivity contribution is 9.10. The predicted octanol–water partition coefficient (Wildman–Crippen LogP) is 4.62. The summed E-state index contributed by atoms with van der Waals surface area (Å²) in [5, 5.41) is 0. The third-order valence-corrected chi connectivity index (χ3v) is 2.78. The van der Waals surface area contributed by atoms with E-state index in [2.05, 4.69) is 15.9 Å². The van der Waals surface area contributed by atoms with Crippen molar-refractivity contribution in [2.45, 2.75) is 13.3 Å². The fourth-order valence-electron chi connectivity index (χ4n) is 1.07. The van der Waals surface area contributed by atoms with Crippen LogP contribution in [0.5, 0.6) is 0 Å². The molecule has 0 spiro atoms. The Morgan fingerprint density at radius 3 is 2.79 bits per heavy atom. The lowest BCUT2D eigenvalue weighted by Crippen LogP contribution is -1.86. The molecule has 0 saturated heterocycles. The Balaban J connectivity index is 3.02. The molecule has 0 atom stereocenters. The summed E-state index contributed by atoms with van der Waals surface area (Å²) in [7, 11) is 0. The van der Waals surface area contributed by atoms with Gasteiger partial charge >= 0.3 is 0 Å². The largest absolute Gasteiger partial charge is 0.206 e. The number of rotatable bonds is 3. The molecule has 0 aromatic heterocycles. The topological polar surface area (TPSA) is 0 Å². The molecule has 0 aliphatic rings. The monoisotopic (exact) mass is 276 g/mol. The summed E-state index contributed by atoms with van der Waals surface area (Å²) in [5.74, 6) is 0.224. The number of benzene rings is 1. The third-order valence-electron chi connectivity index (χ3n) is 1.95. The van der Waals surface area contributed by atoms with Crippen LogP contribution >= 0.6 is 27.5 Å². The lowest BCUT2D eigenvalue weighted by atomic mass is 10.1. The van der Waals surface area contributed by atoms with Crippen LogP contribution in [0.3, 0.4) is 0 Å². The Hall–Kier alpha value is -0.340. The minimum absolute atomic E-state index is 0.226. The summed E-state index contributed by atoms with van der Waals surface area (Å²) in [6.45, 7) is 2.00. The number of allylic oxidation sites excluding steroid dienone is 1. The van der Waals surface area contributed by atoms with Gasteiger partial charge in [-0.25, -0.2) is 4.39 Å². The summed E-state index contributed by atoms with van der Waals surface area (Å²) in [6.07, 6.45) is 2.65. The van der Waals surface area contributed by atoms with Crippen molar-refractivity contribution in [2.75, 3.05) is 5.88 Å². The van der Waals surface area contributed by atoms with E-state index in [0.29, 0.717) is 11.4 Å². The van der Waals surface area contributed by atoms with E-state index in [-0.39, 0.29) is 5.82 Å². The molecule has 76 valence electrons. The summed E-state index contributed by atoms with van der Waals surface area (Å²) in [4.78, 5) is 0. The molecule has 0 amide bonds. The van der Waals surface area contributed by atoms with Crippen molar-refractivity contribution in [2.24, 2.45) is 0 Å². The van der Waals surface area contributed by atoms with Gasteiger partial charge in [-0.3, -0.25) is 0 Å². The summed E-state index contributed by atoms with van der Waals surface area (Å²) in [5.41, 5.74) is 1.62. The molecule has 1 rings (SSSR count). The maximum atomic E-state index is 13.4. The highest BCUT2D eigenvalue weighted by atomic mass is 79.9. The Morgan fingerprint density at radius 1 is 1.57 bits per heavy atom. The van der Waals surface area contributed by atoms with Gasteiger partial charge in [0.15, 0.2) is 0 Å². The zero-order valence-corrected chi connectivity index (χ0v) is 10.2. The standard InChI is InChI=1S/C11H11BrClF/c1-2-8(7-13)5-9-3-4-10(12)6-11(9)14/h3-6H,2,7H2,1H3. The van der Waals surface area contributed by atoms with Crippen molar-refractivity contribution >= 4 is 33.6 Å².